The Morgan fingerprint density at radius 3 is 2.68 bits per heavy atom. The molecular formula is C21H19ClN6O3. The number of methoxy groups -OCH3 is 1. The molecule has 0 amide bonds. The maximum Gasteiger partial charge on any atom is 0.186 e. The third-order valence-corrected chi connectivity index (χ3v) is 5.22. The number of pyridine rings is 1. The molecule has 5 rings (SSSR count). The van der Waals surface area contributed by atoms with Crippen LogP contribution in [0.5, 0.6) is 5.75 Å². The molecule has 0 bridgehead atoms. The topological polar surface area (TPSA) is 96.2 Å². The Kier molecular flexibility index (Phi) is 5.14. The predicted molar refractivity (Wildman–Crippen MR) is 115 cm³/mol. The molecule has 1 fully saturated rings. The number of anilines is 2. The van der Waals surface area contributed by atoms with Crippen molar-refractivity contribution in [2.24, 2.45) is 0 Å². The van der Waals surface area contributed by atoms with Crippen LogP contribution in [-0.4, -0.2) is 45.1 Å². The summed E-state index contributed by atoms with van der Waals surface area (Å²) in [7, 11) is 1.61. The molecule has 3 aromatic heterocycles. The first-order chi connectivity index (χ1) is 15.1. The fourth-order valence-corrected chi connectivity index (χ4v) is 3.61. The molecule has 0 spiro atoms. The second-order valence-corrected chi connectivity index (χ2v) is 7.32. The highest BCUT2D eigenvalue weighted by atomic mass is 35.5. The lowest BCUT2D eigenvalue weighted by Crippen LogP contribution is -2.03. The highest BCUT2D eigenvalue weighted by Crippen LogP contribution is 2.34. The summed E-state index contributed by atoms with van der Waals surface area (Å²) < 4.78 is 18.5. The molecule has 1 aromatic carbocycles. The standard InChI is InChI=1S/C21H19ClN6O3/c1-12-3-5-18(27-26-12)24-15-9-14-16(10-17(15)29-2)28(11-23-14)19-6-4-13(20(22)25-19)21-30-7-8-31-21/h3-6,9-11,21H,7-8H2,1-2H3,(H,24,27). The molecule has 4 heterocycles. The zero-order valence-corrected chi connectivity index (χ0v) is 17.6. The van der Waals surface area contributed by atoms with Gasteiger partial charge in [0.2, 0.25) is 0 Å². The van der Waals surface area contributed by atoms with Gasteiger partial charge >= 0.3 is 0 Å². The third kappa shape index (κ3) is 3.78. The summed E-state index contributed by atoms with van der Waals surface area (Å²) in [5.41, 5.74) is 3.86. The molecule has 10 heteroatoms. The van der Waals surface area contributed by atoms with Crippen molar-refractivity contribution in [1.29, 1.82) is 0 Å². The molecule has 158 valence electrons. The smallest absolute Gasteiger partial charge is 0.186 e. The summed E-state index contributed by atoms with van der Waals surface area (Å²) in [5.74, 6) is 1.87. The number of halogens is 1. The number of rotatable bonds is 5. The molecule has 1 N–H and O–H groups in total. The van der Waals surface area contributed by atoms with E-state index in [2.05, 4.69) is 25.5 Å². The molecule has 0 atom stereocenters. The van der Waals surface area contributed by atoms with E-state index in [0.29, 0.717) is 41.3 Å². The second kappa shape index (κ2) is 8.10. The quantitative estimate of drug-likeness (QED) is 0.467. The Hall–Kier alpha value is -3.27. The summed E-state index contributed by atoms with van der Waals surface area (Å²) in [6.45, 7) is 2.97. The number of ether oxygens (including phenoxy) is 3. The monoisotopic (exact) mass is 438 g/mol. The van der Waals surface area contributed by atoms with Gasteiger partial charge in [0.15, 0.2) is 12.1 Å². The summed E-state index contributed by atoms with van der Waals surface area (Å²) in [6, 6.07) is 11.2. The minimum atomic E-state index is -0.479. The van der Waals surface area contributed by atoms with Crippen LogP contribution in [0.15, 0.2) is 42.7 Å². The number of nitrogens with zero attached hydrogens (tertiary/aromatic N) is 5. The molecule has 0 aliphatic carbocycles. The molecule has 4 aromatic rings. The molecule has 1 saturated heterocycles. The summed E-state index contributed by atoms with van der Waals surface area (Å²) in [4.78, 5) is 9.03. The molecule has 0 unspecified atom stereocenters. The molecule has 31 heavy (non-hydrogen) atoms. The van der Waals surface area contributed by atoms with E-state index >= 15 is 0 Å². The van der Waals surface area contributed by atoms with Gasteiger partial charge in [0, 0.05) is 11.6 Å². The van der Waals surface area contributed by atoms with Crippen molar-refractivity contribution in [2.45, 2.75) is 13.2 Å². The van der Waals surface area contributed by atoms with Gasteiger partial charge in [-0.25, -0.2) is 9.97 Å². The summed E-state index contributed by atoms with van der Waals surface area (Å²) in [6.07, 6.45) is 1.22. The van der Waals surface area contributed by atoms with Crippen molar-refractivity contribution in [3.05, 3.63) is 59.1 Å². The van der Waals surface area contributed by atoms with Crippen molar-refractivity contribution in [2.75, 3.05) is 25.6 Å². The number of hydrogen-bond donors (Lipinski definition) is 1. The van der Waals surface area contributed by atoms with E-state index in [1.165, 1.54) is 0 Å². The summed E-state index contributed by atoms with van der Waals surface area (Å²) >= 11 is 6.41. The normalized spacial score (nSPS) is 14.3. The first-order valence-electron chi connectivity index (χ1n) is 9.65. The Morgan fingerprint density at radius 2 is 1.97 bits per heavy atom. The lowest BCUT2D eigenvalue weighted by Gasteiger charge is -2.13. The molecule has 9 nitrogen and oxygen atoms in total. The average Bonchev–Trinajstić information content (AvgIpc) is 3.44. The van der Waals surface area contributed by atoms with E-state index in [9.17, 15) is 0 Å². The highest BCUT2D eigenvalue weighted by Gasteiger charge is 2.22. The Labute approximate surface area is 183 Å². The first-order valence-corrected chi connectivity index (χ1v) is 10.0. The van der Waals surface area contributed by atoms with Crippen molar-refractivity contribution >= 4 is 34.1 Å². The number of benzene rings is 1. The van der Waals surface area contributed by atoms with Gasteiger partial charge < -0.3 is 19.5 Å². The first kappa shape index (κ1) is 19.7. The zero-order chi connectivity index (χ0) is 21.4. The van der Waals surface area contributed by atoms with E-state index < -0.39 is 6.29 Å². The van der Waals surface area contributed by atoms with Crippen LogP contribution in [0.4, 0.5) is 11.5 Å². The Bertz CT molecular complexity index is 1240. The van der Waals surface area contributed by atoms with Crippen molar-refractivity contribution in [3.8, 4) is 11.6 Å². The van der Waals surface area contributed by atoms with Gasteiger partial charge in [0.1, 0.15) is 23.0 Å². The molecule has 1 aliphatic rings. The molecule has 0 saturated carbocycles. The minimum absolute atomic E-state index is 0.328. The van der Waals surface area contributed by atoms with Crippen molar-refractivity contribution in [3.63, 3.8) is 0 Å². The van der Waals surface area contributed by atoms with Gasteiger partial charge in [0.05, 0.1) is 42.7 Å². The highest BCUT2D eigenvalue weighted by molar-refractivity contribution is 6.30. The van der Waals surface area contributed by atoms with E-state index in [-0.39, 0.29) is 0 Å². The minimum Gasteiger partial charge on any atom is -0.494 e. The van der Waals surface area contributed by atoms with E-state index in [1.54, 1.807) is 13.4 Å². The number of imidazole rings is 1. The lowest BCUT2D eigenvalue weighted by molar-refractivity contribution is -0.0442. The van der Waals surface area contributed by atoms with Crippen LogP contribution in [0.25, 0.3) is 16.9 Å². The van der Waals surface area contributed by atoms with Crippen LogP contribution in [0.2, 0.25) is 5.15 Å². The fraction of sp³-hybridized carbons (Fsp3) is 0.238. The van der Waals surface area contributed by atoms with Crippen LogP contribution in [0, 0.1) is 6.92 Å². The number of nitrogens with one attached hydrogen (secondary N) is 1. The van der Waals surface area contributed by atoms with Crippen LogP contribution < -0.4 is 10.1 Å². The van der Waals surface area contributed by atoms with Crippen LogP contribution in [-0.2, 0) is 9.47 Å². The zero-order valence-electron chi connectivity index (χ0n) is 16.9. The Balaban J connectivity index is 1.50. The number of aryl methyl sites for hydroxylation is 1. The second-order valence-electron chi connectivity index (χ2n) is 6.96. The maximum atomic E-state index is 6.41. The van der Waals surface area contributed by atoms with Crippen molar-refractivity contribution in [1.82, 2.24) is 24.7 Å². The van der Waals surface area contributed by atoms with Gasteiger partial charge in [-0.15, -0.1) is 5.10 Å². The van der Waals surface area contributed by atoms with Gasteiger partial charge in [-0.05, 0) is 37.3 Å². The van der Waals surface area contributed by atoms with E-state index in [4.69, 9.17) is 25.8 Å². The number of aromatic nitrogens is 5. The van der Waals surface area contributed by atoms with E-state index in [1.807, 2.05) is 47.9 Å². The fourth-order valence-electron chi connectivity index (χ4n) is 3.37. The van der Waals surface area contributed by atoms with Crippen LogP contribution in [0.3, 0.4) is 0 Å². The van der Waals surface area contributed by atoms with Gasteiger partial charge in [0.25, 0.3) is 0 Å². The van der Waals surface area contributed by atoms with Gasteiger partial charge in [-0.2, -0.15) is 5.10 Å². The molecular weight excluding hydrogens is 420 g/mol. The maximum absolute atomic E-state index is 6.41. The summed E-state index contributed by atoms with van der Waals surface area (Å²) in [5, 5.41) is 11.8. The van der Waals surface area contributed by atoms with Gasteiger partial charge in [-0.3, -0.25) is 4.57 Å². The Morgan fingerprint density at radius 1 is 1.13 bits per heavy atom. The third-order valence-electron chi connectivity index (χ3n) is 4.91. The van der Waals surface area contributed by atoms with E-state index in [0.717, 1.165) is 22.4 Å². The number of fused-ring (bicyclic) bond motifs is 1. The number of hydrogen-bond acceptors (Lipinski definition) is 8. The van der Waals surface area contributed by atoms with Gasteiger partial charge in [-0.1, -0.05) is 11.6 Å². The largest absolute Gasteiger partial charge is 0.494 e. The average molecular weight is 439 g/mol. The molecule has 0 radical (unpaired) electrons. The lowest BCUT2D eigenvalue weighted by atomic mass is 10.2. The van der Waals surface area contributed by atoms with Crippen LogP contribution >= 0.6 is 11.6 Å². The SMILES string of the molecule is COc1cc2c(cc1Nc1ccc(C)nn1)ncn2-c1ccc(C2OCCO2)c(Cl)n1. The predicted octanol–water partition coefficient (Wildman–Crippen LogP) is 3.97. The molecule has 1 aliphatic heterocycles. The van der Waals surface area contributed by atoms with Crippen LogP contribution in [0.1, 0.15) is 17.5 Å². The van der Waals surface area contributed by atoms with Crippen molar-refractivity contribution < 1.29 is 14.2 Å².